The van der Waals surface area contributed by atoms with Crippen molar-refractivity contribution in [3.05, 3.63) is 69.7 Å². The first-order valence-corrected chi connectivity index (χ1v) is 7.64. The van der Waals surface area contributed by atoms with Crippen LogP contribution in [0.1, 0.15) is 41.2 Å². The zero-order valence-electron chi connectivity index (χ0n) is 11.5. The van der Waals surface area contributed by atoms with E-state index in [0.29, 0.717) is 6.42 Å². The molecule has 1 unspecified atom stereocenters. The predicted octanol–water partition coefficient (Wildman–Crippen LogP) is 4.49. The predicted molar refractivity (Wildman–Crippen MR) is 83.2 cm³/mol. The van der Waals surface area contributed by atoms with Gasteiger partial charge in [0.05, 0.1) is 6.10 Å². The van der Waals surface area contributed by atoms with Gasteiger partial charge in [-0.25, -0.2) is 0 Å². The van der Waals surface area contributed by atoms with Crippen molar-refractivity contribution in [3.8, 4) is 0 Å². The van der Waals surface area contributed by atoms with Crippen molar-refractivity contribution in [2.45, 2.75) is 38.2 Å². The molecule has 0 bridgehead atoms. The van der Waals surface area contributed by atoms with Crippen LogP contribution in [-0.4, -0.2) is 5.11 Å². The molecule has 0 fully saturated rings. The molecule has 2 heteroatoms. The van der Waals surface area contributed by atoms with E-state index in [9.17, 15) is 5.11 Å². The third-order valence-electron chi connectivity index (χ3n) is 4.08. The smallest absolute Gasteiger partial charge is 0.0830 e. The van der Waals surface area contributed by atoms with Gasteiger partial charge in [0.25, 0.3) is 0 Å². The van der Waals surface area contributed by atoms with Crippen molar-refractivity contribution < 1.29 is 5.11 Å². The van der Waals surface area contributed by atoms with Crippen LogP contribution < -0.4 is 0 Å². The number of benzene rings is 2. The van der Waals surface area contributed by atoms with Crippen LogP contribution in [0.3, 0.4) is 0 Å². The Balaban J connectivity index is 1.78. The fraction of sp³-hybridized carbons (Fsp3) is 0.333. The number of aliphatic hydroxyl groups excluding tert-OH is 1. The summed E-state index contributed by atoms with van der Waals surface area (Å²) < 4.78 is 0. The lowest BCUT2D eigenvalue weighted by atomic mass is 9.89. The molecule has 0 heterocycles. The third kappa shape index (κ3) is 3.05. The summed E-state index contributed by atoms with van der Waals surface area (Å²) in [7, 11) is 0. The third-order valence-corrected chi connectivity index (χ3v) is 4.31. The molecule has 2 aromatic carbocycles. The average molecular weight is 287 g/mol. The second-order valence-electron chi connectivity index (χ2n) is 5.59. The summed E-state index contributed by atoms with van der Waals surface area (Å²) in [6.07, 6.45) is 5.03. The molecule has 0 aromatic heterocycles. The number of hydrogen-bond donors (Lipinski definition) is 1. The van der Waals surface area contributed by atoms with Gasteiger partial charge in [-0.2, -0.15) is 0 Å². The van der Waals surface area contributed by atoms with Crippen LogP contribution in [0.5, 0.6) is 0 Å². The molecule has 3 rings (SSSR count). The molecule has 0 saturated carbocycles. The topological polar surface area (TPSA) is 20.2 Å². The maximum Gasteiger partial charge on any atom is 0.0830 e. The summed E-state index contributed by atoms with van der Waals surface area (Å²) in [5, 5.41) is 11.1. The second-order valence-corrected chi connectivity index (χ2v) is 6.02. The summed E-state index contributed by atoms with van der Waals surface area (Å²) in [5.41, 5.74) is 4.96. The van der Waals surface area contributed by atoms with Crippen LogP contribution >= 0.6 is 11.6 Å². The summed E-state index contributed by atoms with van der Waals surface area (Å²) in [5.74, 6) is 0. The van der Waals surface area contributed by atoms with Crippen molar-refractivity contribution >= 4 is 11.6 Å². The average Bonchev–Trinajstić information content (AvgIpc) is 2.47. The lowest BCUT2D eigenvalue weighted by molar-refractivity contribution is 0.178. The van der Waals surface area contributed by atoms with E-state index in [2.05, 4.69) is 18.2 Å². The normalized spacial score (nSPS) is 15.7. The van der Waals surface area contributed by atoms with E-state index in [-0.39, 0.29) is 0 Å². The highest BCUT2D eigenvalue weighted by Gasteiger charge is 2.14. The largest absolute Gasteiger partial charge is 0.388 e. The zero-order valence-corrected chi connectivity index (χ0v) is 12.2. The summed E-state index contributed by atoms with van der Waals surface area (Å²) >= 11 is 5.99. The number of aliphatic hydroxyl groups is 1. The van der Waals surface area contributed by atoms with Crippen molar-refractivity contribution in [1.82, 2.24) is 0 Å². The lowest BCUT2D eigenvalue weighted by Crippen LogP contribution is -2.07. The molecule has 0 aliphatic heterocycles. The highest BCUT2D eigenvalue weighted by atomic mass is 35.5. The van der Waals surface area contributed by atoms with Gasteiger partial charge in [-0.15, -0.1) is 0 Å². The van der Waals surface area contributed by atoms with E-state index in [0.717, 1.165) is 22.6 Å². The first kappa shape index (κ1) is 13.7. The minimum Gasteiger partial charge on any atom is -0.388 e. The highest BCUT2D eigenvalue weighted by molar-refractivity contribution is 6.30. The number of rotatable bonds is 3. The van der Waals surface area contributed by atoms with Crippen LogP contribution in [-0.2, 0) is 19.3 Å². The van der Waals surface area contributed by atoms with Gasteiger partial charge in [-0.3, -0.25) is 0 Å². The van der Waals surface area contributed by atoms with Crippen molar-refractivity contribution in [2.24, 2.45) is 0 Å². The fourth-order valence-corrected chi connectivity index (χ4v) is 3.18. The van der Waals surface area contributed by atoms with Gasteiger partial charge in [0.15, 0.2) is 0 Å². The number of halogens is 1. The van der Waals surface area contributed by atoms with E-state index in [1.165, 1.54) is 30.4 Å². The maximum atomic E-state index is 10.4. The first-order chi connectivity index (χ1) is 9.72. The molecule has 0 spiro atoms. The first-order valence-electron chi connectivity index (χ1n) is 7.26. The molecule has 1 N–H and O–H groups in total. The van der Waals surface area contributed by atoms with Crippen LogP contribution in [0.15, 0.2) is 42.5 Å². The quantitative estimate of drug-likeness (QED) is 0.881. The molecule has 0 radical (unpaired) electrons. The summed E-state index contributed by atoms with van der Waals surface area (Å²) in [4.78, 5) is 0. The van der Waals surface area contributed by atoms with Crippen molar-refractivity contribution in [1.29, 1.82) is 0 Å². The van der Waals surface area contributed by atoms with Gasteiger partial charge < -0.3 is 5.11 Å². The van der Waals surface area contributed by atoms with E-state index < -0.39 is 6.10 Å². The molecule has 1 nitrogen and oxygen atoms in total. The van der Waals surface area contributed by atoms with Gasteiger partial charge in [0, 0.05) is 11.4 Å². The number of fused-ring (bicyclic) bond motifs is 1. The van der Waals surface area contributed by atoms with Gasteiger partial charge in [-0.05, 0) is 60.1 Å². The molecule has 0 saturated heterocycles. The molecular weight excluding hydrogens is 268 g/mol. The standard InChI is InChI=1S/C18H19ClO/c19-17-7-3-4-13(10-17)11-18(20)16-9-8-14-5-1-2-6-15(14)12-16/h3-4,7-10,12,18,20H,1-2,5-6,11H2. The summed E-state index contributed by atoms with van der Waals surface area (Å²) in [6, 6.07) is 14.2. The van der Waals surface area contributed by atoms with Crippen molar-refractivity contribution in [2.75, 3.05) is 0 Å². The van der Waals surface area contributed by atoms with E-state index in [4.69, 9.17) is 11.6 Å². The van der Waals surface area contributed by atoms with Gasteiger partial charge in [0.1, 0.15) is 0 Å². The van der Waals surface area contributed by atoms with Gasteiger partial charge in [0.2, 0.25) is 0 Å². The van der Waals surface area contributed by atoms with Crippen LogP contribution in [0.4, 0.5) is 0 Å². The monoisotopic (exact) mass is 286 g/mol. The minimum atomic E-state index is -0.458. The lowest BCUT2D eigenvalue weighted by Gasteiger charge is -2.19. The Morgan fingerprint density at radius 3 is 2.60 bits per heavy atom. The molecule has 104 valence electrons. The van der Waals surface area contributed by atoms with Crippen molar-refractivity contribution in [3.63, 3.8) is 0 Å². The Labute approximate surface area is 125 Å². The molecule has 2 aromatic rings. The molecule has 1 aliphatic carbocycles. The van der Waals surface area contributed by atoms with Crippen LogP contribution in [0, 0.1) is 0 Å². The molecule has 20 heavy (non-hydrogen) atoms. The molecular formula is C18H19ClO. The fourth-order valence-electron chi connectivity index (χ4n) is 2.97. The Bertz CT molecular complexity index is 606. The SMILES string of the molecule is OC(Cc1cccc(Cl)c1)c1ccc2c(c1)CCCC2. The Kier molecular flexibility index (Phi) is 4.09. The summed E-state index contributed by atoms with van der Waals surface area (Å²) in [6.45, 7) is 0. The Morgan fingerprint density at radius 1 is 1.00 bits per heavy atom. The van der Waals surface area contributed by atoms with Crippen LogP contribution in [0.25, 0.3) is 0 Å². The second kappa shape index (κ2) is 5.99. The van der Waals surface area contributed by atoms with E-state index in [1.807, 2.05) is 24.3 Å². The molecule has 1 atom stereocenters. The Hall–Kier alpha value is -1.31. The van der Waals surface area contributed by atoms with E-state index >= 15 is 0 Å². The minimum absolute atomic E-state index is 0.458. The van der Waals surface area contributed by atoms with Gasteiger partial charge >= 0.3 is 0 Å². The number of aryl methyl sites for hydroxylation is 2. The highest BCUT2D eigenvalue weighted by Crippen LogP contribution is 2.26. The molecule has 0 amide bonds. The van der Waals surface area contributed by atoms with Crippen LogP contribution in [0.2, 0.25) is 5.02 Å². The Morgan fingerprint density at radius 2 is 1.80 bits per heavy atom. The number of hydrogen-bond acceptors (Lipinski definition) is 1. The zero-order chi connectivity index (χ0) is 13.9. The molecule has 1 aliphatic rings. The van der Waals surface area contributed by atoms with E-state index in [1.54, 1.807) is 0 Å². The van der Waals surface area contributed by atoms with Gasteiger partial charge in [-0.1, -0.05) is 41.9 Å². The maximum absolute atomic E-state index is 10.4.